The van der Waals surface area contributed by atoms with Crippen molar-refractivity contribution in [1.82, 2.24) is 14.0 Å². The number of ether oxygens (including phenoxy) is 2. The van der Waals surface area contributed by atoms with Gasteiger partial charge in [0.15, 0.2) is 11.6 Å². The van der Waals surface area contributed by atoms with E-state index in [9.17, 15) is 19.2 Å². The summed E-state index contributed by atoms with van der Waals surface area (Å²) in [5, 5.41) is 0.0290. The number of carbonyl (C=O) groups is 4. The maximum atomic E-state index is 13.3. The zero-order valence-electron chi connectivity index (χ0n) is 19.2. The first-order valence-corrected chi connectivity index (χ1v) is 11.3. The molecular formula is C21H30N3O6P. The van der Waals surface area contributed by atoms with Crippen LogP contribution in [0.5, 0.6) is 0 Å². The van der Waals surface area contributed by atoms with Gasteiger partial charge in [0, 0.05) is 11.1 Å². The van der Waals surface area contributed by atoms with Crippen molar-refractivity contribution in [1.29, 1.82) is 0 Å². The van der Waals surface area contributed by atoms with E-state index in [4.69, 9.17) is 9.47 Å². The molecule has 0 bridgehead atoms. The van der Waals surface area contributed by atoms with E-state index >= 15 is 0 Å². The van der Waals surface area contributed by atoms with Crippen LogP contribution >= 0.6 is 7.34 Å². The lowest BCUT2D eigenvalue weighted by molar-refractivity contribution is -0.145. The molecule has 0 fully saturated rings. The molecule has 0 amide bonds. The Labute approximate surface area is 183 Å². The molecule has 0 spiro atoms. The van der Waals surface area contributed by atoms with Gasteiger partial charge in [-0.2, -0.15) is 0 Å². The van der Waals surface area contributed by atoms with E-state index in [-0.39, 0.29) is 16.4 Å². The average Bonchev–Trinajstić information content (AvgIpc) is 2.97. The van der Waals surface area contributed by atoms with Crippen LogP contribution in [0.25, 0.3) is 0 Å². The van der Waals surface area contributed by atoms with Gasteiger partial charge in [-0.1, -0.05) is 24.3 Å². The highest BCUT2D eigenvalue weighted by Crippen LogP contribution is 2.57. The van der Waals surface area contributed by atoms with Gasteiger partial charge in [-0.15, -0.1) is 0 Å². The third kappa shape index (κ3) is 3.87. The predicted octanol–water partition coefficient (Wildman–Crippen LogP) is 1.26. The smallest absolute Gasteiger partial charge is 0.338 e. The summed E-state index contributed by atoms with van der Waals surface area (Å²) < 4.78 is 15.6. The Hall–Kier alpha value is -2.32. The fourth-order valence-corrected chi connectivity index (χ4v) is 8.87. The third-order valence-electron chi connectivity index (χ3n) is 5.50. The molecule has 1 atom stereocenters. The number of carbonyl (C=O) groups excluding carboxylic acids is 4. The summed E-state index contributed by atoms with van der Waals surface area (Å²) in [6.07, 6.45) is 0. The Morgan fingerprint density at radius 1 is 0.839 bits per heavy atom. The summed E-state index contributed by atoms with van der Waals surface area (Å²) >= 11 is 0. The van der Waals surface area contributed by atoms with Crippen LogP contribution in [-0.2, 0) is 19.1 Å². The molecule has 0 N–H and O–H groups in total. The first-order chi connectivity index (χ1) is 14.5. The van der Waals surface area contributed by atoms with Crippen molar-refractivity contribution in [2.75, 3.05) is 56.5 Å². The minimum absolute atomic E-state index is 0.0290. The molecule has 0 aliphatic heterocycles. The molecule has 31 heavy (non-hydrogen) atoms. The second-order valence-corrected chi connectivity index (χ2v) is 11.8. The summed E-state index contributed by atoms with van der Waals surface area (Å²) in [5.74, 6) is -5.46. The Balaban J connectivity index is 2.99. The molecule has 170 valence electrons. The van der Waals surface area contributed by atoms with E-state index in [1.54, 1.807) is 66.6 Å². The lowest BCUT2D eigenvalue weighted by Gasteiger charge is -2.46. The van der Waals surface area contributed by atoms with Crippen molar-refractivity contribution in [3.05, 3.63) is 35.4 Å². The maximum Gasteiger partial charge on any atom is 0.338 e. The van der Waals surface area contributed by atoms with E-state index < -0.39 is 42.7 Å². The van der Waals surface area contributed by atoms with E-state index in [1.165, 1.54) is 14.2 Å². The Morgan fingerprint density at radius 3 is 1.58 bits per heavy atom. The molecule has 9 nitrogen and oxygen atoms in total. The Kier molecular flexibility index (Phi) is 7.60. The largest absolute Gasteiger partial charge is 0.469 e. The van der Waals surface area contributed by atoms with Crippen molar-refractivity contribution >= 4 is 36.1 Å². The van der Waals surface area contributed by atoms with Crippen LogP contribution in [0.15, 0.2) is 24.3 Å². The van der Waals surface area contributed by atoms with Gasteiger partial charge in [0.25, 0.3) is 0 Å². The normalized spacial score (nSPS) is 15.5. The third-order valence-corrected chi connectivity index (χ3v) is 9.95. The zero-order chi connectivity index (χ0) is 23.7. The van der Waals surface area contributed by atoms with Crippen molar-refractivity contribution in [3.8, 4) is 0 Å². The van der Waals surface area contributed by atoms with E-state index in [2.05, 4.69) is 0 Å². The predicted molar refractivity (Wildman–Crippen MR) is 119 cm³/mol. The molecule has 0 saturated carbocycles. The van der Waals surface area contributed by atoms with Gasteiger partial charge in [0.1, 0.15) is 11.8 Å². The first-order valence-electron chi connectivity index (χ1n) is 9.61. The molecule has 0 aromatic heterocycles. The number of hydrogen-bond acceptors (Lipinski definition) is 9. The summed E-state index contributed by atoms with van der Waals surface area (Å²) in [6.45, 7) is 0. The Morgan fingerprint density at radius 2 is 1.26 bits per heavy atom. The van der Waals surface area contributed by atoms with Crippen LogP contribution in [0.4, 0.5) is 0 Å². The standard InChI is InChI=1S/C21H30N3O6P/c1-22(2)31(23(3)4,24(5)6)19(21(28)30-8)16(20(27)29-7)15-17(25)13-11-9-10-12-14(13)18(15)26/h9-12,15-16H,1-8H3. The van der Waals surface area contributed by atoms with Gasteiger partial charge in [0.2, 0.25) is 0 Å². The molecule has 1 aliphatic rings. The van der Waals surface area contributed by atoms with Crippen LogP contribution in [0.3, 0.4) is 0 Å². The number of nitrogens with zero attached hydrogens (tertiary/aromatic N) is 3. The number of hydrogen-bond donors (Lipinski definition) is 0. The summed E-state index contributed by atoms with van der Waals surface area (Å²) in [7, 11) is 10.2. The number of fused-ring (bicyclic) bond motifs is 1. The fraction of sp³-hybridized carbons (Fsp3) is 0.476. The summed E-state index contributed by atoms with van der Waals surface area (Å²) in [6, 6.07) is 6.41. The van der Waals surface area contributed by atoms with E-state index in [1.807, 2.05) is 14.0 Å². The van der Waals surface area contributed by atoms with Crippen molar-refractivity contribution in [3.63, 3.8) is 0 Å². The number of esters is 2. The molecule has 0 saturated heterocycles. The second-order valence-electron chi connectivity index (χ2n) is 7.74. The first kappa shape index (κ1) is 24.9. The van der Waals surface area contributed by atoms with Gasteiger partial charge in [0.05, 0.1) is 26.9 Å². The average molecular weight is 451 g/mol. The SMILES string of the molecule is COC(=O)C(C(C(=O)OC)C1C(=O)c2ccccc2C1=O)=P(N(C)C)(N(C)C)N(C)C. The molecule has 1 aliphatic carbocycles. The Bertz CT molecular complexity index is 906. The molecule has 10 heteroatoms. The van der Waals surface area contributed by atoms with Gasteiger partial charge < -0.3 is 9.47 Å². The molecule has 0 heterocycles. The minimum atomic E-state index is -2.88. The number of Topliss-reactive ketones (excluding diaryl/α,β-unsaturated/α-hetero) is 2. The van der Waals surface area contributed by atoms with Crippen LogP contribution in [0.2, 0.25) is 0 Å². The van der Waals surface area contributed by atoms with Gasteiger partial charge in [-0.25, -0.2) is 4.79 Å². The van der Waals surface area contributed by atoms with Crippen LogP contribution in [0, 0.1) is 11.8 Å². The topological polar surface area (TPSA) is 96.5 Å². The van der Waals surface area contributed by atoms with Gasteiger partial charge in [-0.3, -0.25) is 28.4 Å². The van der Waals surface area contributed by atoms with Gasteiger partial charge in [-0.05, 0) is 42.3 Å². The van der Waals surface area contributed by atoms with Crippen molar-refractivity contribution in [2.45, 2.75) is 0 Å². The molecular weight excluding hydrogens is 421 g/mol. The highest BCUT2D eigenvalue weighted by molar-refractivity contribution is 7.71. The summed E-state index contributed by atoms with van der Waals surface area (Å²) in [5.41, 5.74) is 0.471. The molecule has 0 radical (unpaired) electrons. The summed E-state index contributed by atoms with van der Waals surface area (Å²) in [4.78, 5) is 53.0. The molecule has 1 aromatic rings. The fourth-order valence-electron chi connectivity index (χ4n) is 4.46. The lowest BCUT2D eigenvalue weighted by Crippen LogP contribution is -2.47. The number of rotatable bonds is 7. The highest BCUT2D eigenvalue weighted by Gasteiger charge is 2.53. The van der Waals surface area contributed by atoms with E-state index in [0.717, 1.165) is 0 Å². The van der Waals surface area contributed by atoms with Crippen molar-refractivity contribution < 1.29 is 28.7 Å². The number of ketones is 2. The molecule has 1 aromatic carbocycles. The lowest BCUT2D eigenvalue weighted by atomic mass is 9.85. The quantitative estimate of drug-likeness (QED) is 0.345. The maximum absolute atomic E-state index is 13.3. The van der Waals surface area contributed by atoms with Crippen LogP contribution in [0.1, 0.15) is 20.7 Å². The van der Waals surface area contributed by atoms with Crippen LogP contribution in [-0.4, -0.2) is 99.3 Å². The number of benzene rings is 1. The monoisotopic (exact) mass is 451 g/mol. The molecule has 2 rings (SSSR count). The zero-order valence-corrected chi connectivity index (χ0v) is 20.1. The van der Waals surface area contributed by atoms with Crippen molar-refractivity contribution in [2.24, 2.45) is 11.8 Å². The van der Waals surface area contributed by atoms with Gasteiger partial charge >= 0.3 is 11.9 Å². The minimum Gasteiger partial charge on any atom is -0.469 e. The van der Waals surface area contributed by atoms with E-state index in [0.29, 0.717) is 0 Å². The second kappa shape index (κ2) is 9.44. The highest BCUT2D eigenvalue weighted by atomic mass is 31.2. The number of methoxy groups -OCH3 is 2. The molecule has 1 unspecified atom stereocenters. The van der Waals surface area contributed by atoms with Crippen LogP contribution < -0.4 is 0 Å².